The highest BCUT2D eigenvalue weighted by atomic mass is 19.2. The molecule has 0 saturated carbocycles. The molecule has 2 rings (SSSR count). The minimum absolute atomic E-state index is 0.0772. The highest BCUT2D eigenvalue weighted by Gasteiger charge is 2.19. The SMILES string of the molecule is COCCNc1ccc(C(=O)NC(C)c2ccc(F)c(F)c2)cc1[N+](=O)[O-]. The summed E-state index contributed by atoms with van der Waals surface area (Å²) in [6.45, 7) is 2.33. The fraction of sp³-hybridized carbons (Fsp3) is 0.278. The summed E-state index contributed by atoms with van der Waals surface area (Å²) in [6, 6.07) is 6.73. The minimum Gasteiger partial charge on any atom is -0.383 e. The molecule has 2 aromatic rings. The van der Waals surface area contributed by atoms with Gasteiger partial charge in [-0.2, -0.15) is 0 Å². The molecule has 7 nitrogen and oxygen atoms in total. The van der Waals surface area contributed by atoms with Crippen molar-refractivity contribution in [1.29, 1.82) is 0 Å². The predicted octanol–water partition coefficient (Wildman–Crippen LogP) is 3.42. The van der Waals surface area contributed by atoms with Crippen LogP contribution in [0.2, 0.25) is 0 Å². The minimum atomic E-state index is -1.02. The Morgan fingerprint density at radius 3 is 2.59 bits per heavy atom. The molecule has 2 aromatic carbocycles. The number of benzene rings is 2. The second-order valence-electron chi connectivity index (χ2n) is 5.78. The van der Waals surface area contributed by atoms with Gasteiger partial charge >= 0.3 is 0 Å². The van der Waals surface area contributed by atoms with Gasteiger partial charge in [0, 0.05) is 25.3 Å². The van der Waals surface area contributed by atoms with Gasteiger partial charge in [-0.25, -0.2) is 8.78 Å². The number of halogens is 2. The number of ether oxygens (including phenoxy) is 1. The number of nitrogens with one attached hydrogen (secondary N) is 2. The van der Waals surface area contributed by atoms with Gasteiger partial charge in [-0.3, -0.25) is 14.9 Å². The summed E-state index contributed by atoms with van der Waals surface area (Å²) in [4.78, 5) is 23.1. The molecule has 0 aliphatic carbocycles. The van der Waals surface area contributed by atoms with Crippen LogP contribution in [0.1, 0.15) is 28.9 Å². The molecule has 1 atom stereocenters. The van der Waals surface area contributed by atoms with E-state index in [0.717, 1.165) is 18.2 Å². The maximum atomic E-state index is 13.3. The Hall–Kier alpha value is -3.07. The summed E-state index contributed by atoms with van der Waals surface area (Å²) in [5, 5.41) is 16.7. The van der Waals surface area contributed by atoms with Crippen LogP contribution >= 0.6 is 0 Å². The van der Waals surface area contributed by atoms with Gasteiger partial charge in [-0.15, -0.1) is 0 Å². The predicted molar refractivity (Wildman–Crippen MR) is 95.7 cm³/mol. The number of carbonyl (C=O) groups excluding carboxylic acids is 1. The monoisotopic (exact) mass is 379 g/mol. The van der Waals surface area contributed by atoms with Crippen LogP contribution in [0, 0.1) is 21.7 Å². The number of amides is 1. The number of nitro groups is 1. The number of carbonyl (C=O) groups is 1. The lowest BCUT2D eigenvalue weighted by molar-refractivity contribution is -0.384. The first-order chi connectivity index (χ1) is 12.8. The first-order valence-electron chi connectivity index (χ1n) is 8.10. The molecule has 0 fully saturated rings. The molecular weight excluding hydrogens is 360 g/mol. The summed E-state index contributed by atoms with van der Waals surface area (Å²) < 4.78 is 31.2. The van der Waals surface area contributed by atoms with Crippen LogP contribution in [-0.2, 0) is 4.74 Å². The van der Waals surface area contributed by atoms with E-state index in [1.807, 2.05) is 0 Å². The topological polar surface area (TPSA) is 93.5 Å². The zero-order valence-electron chi connectivity index (χ0n) is 14.8. The molecule has 27 heavy (non-hydrogen) atoms. The average molecular weight is 379 g/mol. The van der Waals surface area contributed by atoms with E-state index in [1.54, 1.807) is 6.92 Å². The fourth-order valence-electron chi connectivity index (χ4n) is 2.41. The quantitative estimate of drug-likeness (QED) is 0.416. The third kappa shape index (κ3) is 5.20. The van der Waals surface area contributed by atoms with E-state index >= 15 is 0 Å². The molecule has 9 heteroatoms. The number of anilines is 1. The van der Waals surface area contributed by atoms with Gasteiger partial charge in [0.15, 0.2) is 11.6 Å². The van der Waals surface area contributed by atoms with Crippen molar-refractivity contribution < 1.29 is 23.2 Å². The molecule has 0 radical (unpaired) electrons. The molecule has 0 spiro atoms. The van der Waals surface area contributed by atoms with Crippen molar-refractivity contribution in [2.75, 3.05) is 25.6 Å². The summed E-state index contributed by atoms with van der Waals surface area (Å²) in [7, 11) is 1.51. The molecule has 0 aliphatic heterocycles. The smallest absolute Gasteiger partial charge is 0.293 e. The Morgan fingerprint density at radius 2 is 1.96 bits per heavy atom. The lowest BCUT2D eigenvalue weighted by Crippen LogP contribution is -2.26. The van der Waals surface area contributed by atoms with Crippen molar-refractivity contribution in [3.05, 3.63) is 69.3 Å². The van der Waals surface area contributed by atoms with Gasteiger partial charge in [0.2, 0.25) is 0 Å². The van der Waals surface area contributed by atoms with Crippen LogP contribution in [0.4, 0.5) is 20.2 Å². The number of nitro benzene ring substituents is 1. The molecule has 144 valence electrons. The summed E-state index contributed by atoms with van der Waals surface area (Å²) >= 11 is 0. The van der Waals surface area contributed by atoms with Crippen molar-refractivity contribution in [2.24, 2.45) is 0 Å². The van der Waals surface area contributed by atoms with Gasteiger partial charge in [0.05, 0.1) is 17.6 Å². The number of nitrogens with zero attached hydrogens (tertiary/aromatic N) is 1. The van der Waals surface area contributed by atoms with E-state index in [-0.39, 0.29) is 16.9 Å². The van der Waals surface area contributed by atoms with Crippen LogP contribution < -0.4 is 10.6 Å². The first-order valence-corrected chi connectivity index (χ1v) is 8.10. The Bertz CT molecular complexity index is 845. The zero-order chi connectivity index (χ0) is 20.0. The standard InChI is InChI=1S/C18H19F2N3O4/c1-11(12-3-5-14(19)15(20)9-12)22-18(24)13-4-6-16(21-7-8-27-2)17(10-13)23(25)26/h3-6,9-11,21H,7-8H2,1-2H3,(H,22,24). The lowest BCUT2D eigenvalue weighted by atomic mass is 10.1. The Morgan fingerprint density at radius 1 is 1.22 bits per heavy atom. The average Bonchev–Trinajstić information content (AvgIpc) is 2.64. The molecule has 0 bridgehead atoms. The van der Waals surface area contributed by atoms with Crippen molar-refractivity contribution in [2.45, 2.75) is 13.0 Å². The van der Waals surface area contributed by atoms with Crippen LogP contribution in [0.25, 0.3) is 0 Å². The van der Waals surface area contributed by atoms with Gasteiger partial charge in [-0.05, 0) is 36.8 Å². The molecule has 0 aliphatic rings. The van der Waals surface area contributed by atoms with Gasteiger partial charge < -0.3 is 15.4 Å². The number of methoxy groups -OCH3 is 1. The molecule has 0 heterocycles. The van der Waals surface area contributed by atoms with Gasteiger partial charge in [0.1, 0.15) is 5.69 Å². The van der Waals surface area contributed by atoms with E-state index < -0.39 is 28.5 Å². The first kappa shape index (κ1) is 20.2. The molecule has 2 N–H and O–H groups in total. The second-order valence-corrected chi connectivity index (χ2v) is 5.78. The summed E-state index contributed by atoms with van der Waals surface area (Å²) in [5.41, 5.74) is 0.463. The Labute approximate surface area is 154 Å². The third-order valence-electron chi connectivity index (χ3n) is 3.87. The zero-order valence-corrected chi connectivity index (χ0v) is 14.8. The third-order valence-corrected chi connectivity index (χ3v) is 3.87. The fourth-order valence-corrected chi connectivity index (χ4v) is 2.41. The molecule has 1 unspecified atom stereocenters. The second kappa shape index (κ2) is 9.04. The molecular formula is C18H19F2N3O4. The van der Waals surface area contributed by atoms with E-state index in [0.29, 0.717) is 18.7 Å². The van der Waals surface area contributed by atoms with E-state index in [9.17, 15) is 23.7 Å². The highest BCUT2D eigenvalue weighted by Crippen LogP contribution is 2.26. The number of hydrogen-bond acceptors (Lipinski definition) is 5. The lowest BCUT2D eigenvalue weighted by Gasteiger charge is -2.15. The summed E-state index contributed by atoms with van der Waals surface area (Å²) in [6.07, 6.45) is 0. The summed E-state index contributed by atoms with van der Waals surface area (Å²) in [5.74, 6) is -2.57. The molecule has 0 aromatic heterocycles. The van der Waals surface area contributed by atoms with E-state index in [2.05, 4.69) is 10.6 Å². The maximum absolute atomic E-state index is 13.3. The normalized spacial score (nSPS) is 11.7. The van der Waals surface area contributed by atoms with Crippen LogP contribution in [0.5, 0.6) is 0 Å². The number of rotatable bonds is 8. The van der Waals surface area contributed by atoms with Crippen LogP contribution in [0.3, 0.4) is 0 Å². The van der Waals surface area contributed by atoms with Crippen LogP contribution in [0.15, 0.2) is 36.4 Å². The van der Waals surface area contributed by atoms with E-state index in [4.69, 9.17) is 4.74 Å². The van der Waals surface area contributed by atoms with Crippen molar-refractivity contribution >= 4 is 17.3 Å². The van der Waals surface area contributed by atoms with Gasteiger partial charge in [-0.1, -0.05) is 6.07 Å². The van der Waals surface area contributed by atoms with Crippen molar-refractivity contribution in [3.63, 3.8) is 0 Å². The van der Waals surface area contributed by atoms with E-state index in [1.165, 1.54) is 25.3 Å². The van der Waals surface area contributed by atoms with Crippen LogP contribution in [-0.4, -0.2) is 31.1 Å². The van der Waals surface area contributed by atoms with Gasteiger partial charge in [0.25, 0.3) is 11.6 Å². The van der Waals surface area contributed by atoms with Crippen molar-refractivity contribution in [3.8, 4) is 0 Å². The Kier molecular flexibility index (Phi) is 6.78. The maximum Gasteiger partial charge on any atom is 0.293 e. The largest absolute Gasteiger partial charge is 0.383 e. The molecule has 0 saturated heterocycles. The van der Waals surface area contributed by atoms with Crippen molar-refractivity contribution in [1.82, 2.24) is 5.32 Å². The molecule has 1 amide bonds. The number of hydrogen-bond donors (Lipinski definition) is 2. The highest BCUT2D eigenvalue weighted by molar-refractivity contribution is 5.96. The Balaban J connectivity index is 2.16.